The van der Waals surface area contributed by atoms with Crippen molar-refractivity contribution >= 4 is 11.6 Å². The predicted molar refractivity (Wildman–Crippen MR) is 110 cm³/mol. The SMILES string of the molecule is C=CCNC(=NCc1nnc(C)n1C)NC1CCN(c2ccc(C)cc2)C1. The Balaban J connectivity index is 1.62. The predicted octanol–water partition coefficient (Wildman–Crippen LogP) is 1.93. The highest BCUT2D eigenvalue weighted by atomic mass is 15.3. The number of aromatic nitrogens is 3. The minimum atomic E-state index is 0.351. The van der Waals surface area contributed by atoms with Crippen LogP contribution in [0.4, 0.5) is 5.69 Å². The quantitative estimate of drug-likeness (QED) is 0.464. The molecule has 2 N–H and O–H groups in total. The van der Waals surface area contributed by atoms with Crippen molar-refractivity contribution in [3.63, 3.8) is 0 Å². The summed E-state index contributed by atoms with van der Waals surface area (Å²) in [5.74, 6) is 2.52. The molecule has 1 fully saturated rings. The van der Waals surface area contributed by atoms with E-state index >= 15 is 0 Å². The number of guanidine groups is 1. The minimum Gasteiger partial charge on any atom is -0.369 e. The molecule has 0 radical (unpaired) electrons. The summed E-state index contributed by atoms with van der Waals surface area (Å²) in [5.41, 5.74) is 2.56. The number of rotatable bonds is 6. The first-order valence-corrected chi connectivity index (χ1v) is 9.39. The van der Waals surface area contributed by atoms with Crippen LogP contribution in [0, 0.1) is 13.8 Å². The number of anilines is 1. The van der Waals surface area contributed by atoms with Crippen LogP contribution < -0.4 is 15.5 Å². The van der Waals surface area contributed by atoms with E-state index in [0.717, 1.165) is 37.1 Å². The van der Waals surface area contributed by atoms with Crippen LogP contribution in [0.1, 0.15) is 23.6 Å². The van der Waals surface area contributed by atoms with E-state index in [0.29, 0.717) is 19.1 Å². The lowest BCUT2D eigenvalue weighted by Crippen LogP contribution is -2.44. The van der Waals surface area contributed by atoms with Gasteiger partial charge in [-0.25, -0.2) is 4.99 Å². The molecule has 1 saturated heterocycles. The molecule has 27 heavy (non-hydrogen) atoms. The van der Waals surface area contributed by atoms with Gasteiger partial charge in [-0.05, 0) is 32.4 Å². The highest BCUT2D eigenvalue weighted by Gasteiger charge is 2.23. The summed E-state index contributed by atoms with van der Waals surface area (Å²) in [4.78, 5) is 7.09. The van der Waals surface area contributed by atoms with Crippen LogP contribution in [0.5, 0.6) is 0 Å². The first-order chi connectivity index (χ1) is 13.1. The van der Waals surface area contributed by atoms with E-state index < -0.39 is 0 Å². The van der Waals surface area contributed by atoms with Gasteiger partial charge in [0.15, 0.2) is 11.8 Å². The number of benzene rings is 1. The van der Waals surface area contributed by atoms with Crippen LogP contribution in [0.25, 0.3) is 0 Å². The van der Waals surface area contributed by atoms with E-state index in [2.05, 4.69) is 68.5 Å². The zero-order chi connectivity index (χ0) is 19.2. The summed E-state index contributed by atoms with van der Waals surface area (Å²) in [6.07, 6.45) is 2.91. The molecule has 2 heterocycles. The van der Waals surface area contributed by atoms with Gasteiger partial charge in [0.1, 0.15) is 12.4 Å². The fraction of sp³-hybridized carbons (Fsp3) is 0.450. The number of nitrogens with one attached hydrogen (secondary N) is 2. The fourth-order valence-electron chi connectivity index (χ4n) is 3.12. The molecular weight excluding hydrogens is 338 g/mol. The lowest BCUT2D eigenvalue weighted by molar-refractivity contribution is 0.649. The molecule has 1 aromatic carbocycles. The first kappa shape index (κ1) is 18.9. The normalized spacial score (nSPS) is 17.2. The fourth-order valence-corrected chi connectivity index (χ4v) is 3.12. The number of aryl methyl sites for hydroxylation is 2. The Bertz CT molecular complexity index is 791. The van der Waals surface area contributed by atoms with Crippen molar-refractivity contribution in [3.05, 3.63) is 54.1 Å². The molecule has 3 rings (SSSR count). The maximum Gasteiger partial charge on any atom is 0.192 e. The molecule has 1 aromatic heterocycles. The zero-order valence-corrected chi connectivity index (χ0v) is 16.4. The molecule has 0 amide bonds. The Morgan fingerprint density at radius 3 is 2.74 bits per heavy atom. The van der Waals surface area contributed by atoms with Gasteiger partial charge in [-0.15, -0.1) is 16.8 Å². The van der Waals surface area contributed by atoms with Crippen LogP contribution in [-0.2, 0) is 13.6 Å². The molecule has 0 spiro atoms. The summed E-state index contributed by atoms with van der Waals surface area (Å²) in [6, 6.07) is 9.07. The second kappa shape index (κ2) is 8.70. The lowest BCUT2D eigenvalue weighted by Gasteiger charge is -2.20. The Morgan fingerprint density at radius 2 is 2.07 bits per heavy atom. The molecule has 0 aliphatic carbocycles. The van der Waals surface area contributed by atoms with Crippen molar-refractivity contribution in [2.45, 2.75) is 32.9 Å². The minimum absolute atomic E-state index is 0.351. The van der Waals surface area contributed by atoms with Crippen LogP contribution in [0.2, 0.25) is 0 Å². The van der Waals surface area contributed by atoms with Crippen LogP contribution in [0.3, 0.4) is 0 Å². The molecule has 2 aromatic rings. The Labute approximate surface area is 161 Å². The van der Waals surface area contributed by atoms with E-state index in [1.54, 1.807) is 0 Å². The van der Waals surface area contributed by atoms with Crippen molar-refractivity contribution in [1.29, 1.82) is 0 Å². The first-order valence-electron chi connectivity index (χ1n) is 9.39. The Kier molecular flexibility index (Phi) is 6.11. The largest absolute Gasteiger partial charge is 0.369 e. The summed E-state index contributed by atoms with van der Waals surface area (Å²) < 4.78 is 1.96. The molecule has 7 heteroatoms. The van der Waals surface area contributed by atoms with Crippen LogP contribution in [-0.4, -0.2) is 46.4 Å². The molecule has 1 atom stereocenters. The Morgan fingerprint density at radius 1 is 1.30 bits per heavy atom. The van der Waals surface area contributed by atoms with Crippen molar-refractivity contribution in [1.82, 2.24) is 25.4 Å². The van der Waals surface area contributed by atoms with E-state index in [1.807, 2.05) is 24.6 Å². The zero-order valence-electron chi connectivity index (χ0n) is 16.4. The number of hydrogen-bond acceptors (Lipinski definition) is 4. The third kappa shape index (κ3) is 4.87. The van der Waals surface area contributed by atoms with Gasteiger partial charge in [-0.2, -0.15) is 0 Å². The average molecular weight is 368 g/mol. The van der Waals surface area contributed by atoms with Gasteiger partial charge in [-0.3, -0.25) is 0 Å². The molecule has 1 unspecified atom stereocenters. The van der Waals surface area contributed by atoms with E-state index in [9.17, 15) is 0 Å². The third-order valence-corrected chi connectivity index (χ3v) is 4.90. The van der Waals surface area contributed by atoms with Crippen molar-refractivity contribution in [2.24, 2.45) is 12.0 Å². The van der Waals surface area contributed by atoms with E-state index in [1.165, 1.54) is 11.3 Å². The van der Waals surface area contributed by atoms with Crippen LogP contribution >= 0.6 is 0 Å². The maximum atomic E-state index is 4.68. The molecule has 7 nitrogen and oxygen atoms in total. The van der Waals surface area contributed by atoms with Crippen molar-refractivity contribution in [3.8, 4) is 0 Å². The second-order valence-corrected chi connectivity index (χ2v) is 6.97. The van der Waals surface area contributed by atoms with E-state index in [-0.39, 0.29) is 0 Å². The smallest absolute Gasteiger partial charge is 0.192 e. The molecule has 1 aliphatic rings. The topological polar surface area (TPSA) is 70.4 Å². The van der Waals surface area contributed by atoms with Gasteiger partial charge in [0.05, 0.1) is 0 Å². The average Bonchev–Trinajstić information content (AvgIpc) is 3.26. The van der Waals surface area contributed by atoms with Crippen molar-refractivity contribution < 1.29 is 0 Å². The number of nitrogens with zero attached hydrogens (tertiary/aromatic N) is 5. The van der Waals surface area contributed by atoms with Crippen LogP contribution in [0.15, 0.2) is 41.9 Å². The maximum absolute atomic E-state index is 4.68. The lowest BCUT2D eigenvalue weighted by atomic mass is 10.2. The van der Waals surface area contributed by atoms with Gasteiger partial charge >= 0.3 is 0 Å². The number of hydrogen-bond donors (Lipinski definition) is 2. The summed E-state index contributed by atoms with van der Waals surface area (Å²) in [6.45, 7) is 11.0. The molecular formula is C20H29N7. The monoisotopic (exact) mass is 367 g/mol. The van der Waals surface area contributed by atoms with Gasteiger partial charge in [0.2, 0.25) is 0 Å². The molecule has 1 aliphatic heterocycles. The van der Waals surface area contributed by atoms with Gasteiger partial charge in [0, 0.05) is 38.4 Å². The van der Waals surface area contributed by atoms with Gasteiger partial charge in [-0.1, -0.05) is 23.8 Å². The molecule has 0 saturated carbocycles. The van der Waals surface area contributed by atoms with Gasteiger partial charge < -0.3 is 20.1 Å². The van der Waals surface area contributed by atoms with E-state index in [4.69, 9.17) is 0 Å². The standard InChI is InChI=1S/C20H29N7/c1-5-11-21-20(22-13-19-25-24-16(3)26(19)4)23-17-10-12-27(14-17)18-8-6-15(2)7-9-18/h5-9,17H,1,10-14H2,2-4H3,(H2,21,22,23). The van der Waals surface area contributed by atoms with Gasteiger partial charge in [0.25, 0.3) is 0 Å². The summed E-state index contributed by atoms with van der Waals surface area (Å²) >= 11 is 0. The van der Waals surface area contributed by atoms with Crippen molar-refractivity contribution in [2.75, 3.05) is 24.5 Å². The highest BCUT2D eigenvalue weighted by molar-refractivity contribution is 5.80. The third-order valence-electron chi connectivity index (χ3n) is 4.90. The highest BCUT2D eigenvalue weighted by Crippen LogP contribution is 2.20. The summed E-state index contributed by atoms with van der Waals surface area (Å²) in [5, 5.41) is 15.1. The Hall–Kier alpha value is -2.83. The molecule has 0 bridgehead atoms. The second-order valence-electron chi connectivity index (χ2n) is 6.97. The number of aliphatic imine (C=N–C) groups is 1. The molecule has 144 valence electrons. The summed E-state index contributed by atoms with van der Waals surface area (Å²) in [7, 11) is 1.96.